The molecule has 0 heterocycles. The molecule has 0 aliphatic rings. The summed E-state index contributed by atoms with van der Waals surface area (Å²) in [4.78, 5) is 11.4. The Hall–Kier alpha value is -1.52. The Kier molecular flexibility index (Phi) is 3.57. The van der Waals surface area contributed by atoms with Crippen LogP contribution in [0.5, 0.6) is 5.75 Å². The van der Waals surface area contributed by atoms with Crippen molar-refractivity contribution in [2.45, 2.75) is 25.9 Å². The molecule has 0 radical (unpaired) electrons. The second-order valence-electron chi connectivity index (χ2n) is 3.40. The van der Waals surface area contributed by atoms with Crippen LogP contribution in [0, 0.1) is 0 Å². The summed E-state index contributed by atoms with van der Waals surface area (Å²) in [7, 11) is 0. The number of ketones is 1. The Morgan fingerprint density at radius 1 is 1.38 bits per heavy atom. The number of halogens is 3. The largest absolute Gasteiger partial charge is 0.507 e. The molecule has 0 atom stereocenters. The van der Waals surface area contributed by atoms with Crippen molar-refractivity contribution in [2.75, 3.05) is 0 Å². The lowest BCUT2D eigenvalue weighted by molar-refractivity contribution is -0.137. The minimum Gasteiger partial charge on any atom is -0.507 e. The number of aromatic hydroxyl groups is 1. The molecule has 0 fully saturated rings. The highest BCUT2D eigenvalue weighted by Gasteiger charge is 2.31. The van der Waals surface area contributed by atoms with Crippen LogP contribution in [0.25, 0.3) is 0 Å². The third kappa shape index (κ3) is 2.74. The second kappa shape index (κ2) is 4.55. The number of rotatable bonds is 3. The van der Waals surface area contributed by atoms with Crippen molar-refractivity contribution in [3.05, 3.63) is 29.3 Å². The van der Waals surface area contributed by atoms with Gasteiger partial charge in [0.15, 0.2) is 5.78 Å². The lowest BCUT2D eigenvalue weighted by atomic mass is 10.0. The molecule has 1 N–H and O–H groups in total. The van der Waals surface area contributed by atoms with Gasteiger partial charge in [0.2, 0.25) is 0 Å². The smallest absolute Gasteiger partial charge is 0.416 e. The van der Waals surface area contributed by atoms with Crippen LogP contribution in [-0.4, -0.2) is 10.9 Å². The van der Waals surface area contributed by atoms with Crippen molar-refractivity contribution < 1.29 is 23.1 Å². The van der Waals surface area contributed by atoms with Gasteiger partial charge in [-0.3, -0.25) is 4.79 Å². The summed E-state index contributed by atoms with van der Waals surface area (Å²) >= 11 is 0. The second-order valence-corrected chi connectivity index (χ2v) is 3.40. The normalized spacial score (nSPS) is 11.5. The third-order valence-electron chi connectivity index (χ3n) is 2.10. The van der Waals surface area contributed by atoms with Gasteiger partial charge in [0, 0.05) is 6.42 Å². The molecule has 1 rings (SSSR count). The number of carbonyl (C=O) groups is 1. The lowest BCUT2D eigenvalue weighted by Gasteiger charge is -2.09. The van der Waals surface area contributed by atoms with Crippen molar-refractivity contribution in [2.24, 2.45) is 0 Å². The average Bonchev–Trinajstić information content (AvgIpc) is 2.16. The predicted molar refractivity (Wildman–Crippen MR) is 52.3 cm³/mol. The van der Waals surface area contributed by atoms with Crippen molar-refractivity contribution in [1.29, 1.82) is 0 Å². The first-order valence-corrected chi connectivity index (χ1v) is 4.79. The van der Waals surface area contributed by atoms with Gasteiger partial charge in [0.05, 0.1) is 11.1 Å². The van der Waals surface area contributed by atoms with E-state index in [9.17, 15) is 23.1 Å². The average molecular weight is 232 g/mol. The van der Waals surface area contributed by atoms with E-state index in [0.717, 1.165) is 12.1 Å². The predicted octanol–water partition coefficient (Wildman–Crippen LogP) is 3.39. The fourth-order valence-electron chi connectivity index (χ4n) is 1.30. The maximum absolute atomic E-state index is 12.4. The zero-order valence-electron chi connectivity index (χ0n) is 8.64. The highest BCUT2D eigenvalue weighted by molar-refractivity contribution is 5.98. The van der Waals surface area contributed by atoms with Crippen LogP contribution in [0.4, 0.5) is 13.2 Å². The van der Waals surface area contributed by atoms with Gasteiger partial charge in [-0.25, -0.2) is 0 Å². The first-order chi connectivity index (χ1) is 7.36. The minimum absolute atomic E-state index is 0.120. The number of benzene rings is 1. The first-order valence-electron chi connectivity index (χ1n) is 4.79. The number of phenolic OH excluding ortho intramolecular Hbond substituents is 1. The summed E-state index contributed by atoms with van der Waals surface area (Å²) in [6.45, 7) is 1.74. The quantitative estimate of drug-likeness (QED) is 0.811. The fourth-order valence-corrected chi connectivity index (χ4v) is 1.30. The Morgan fingerprint density at radius 3 is 2.50 bits per heavy atom. The molecule has 1 aromatic rings. The molecule has 5 heteroatoms. The van der Waals surface area contributed by atoms with Crippen LogP contribution in [0.2, 0.25) is 0 Å². The number of hydrogen-bond acceptors (Lipinski definition) is 2. The first kappa shape index (κ1) is 12.5. The molecule has 0 amide bonds. The Morgan fingerprint density at radius 2 is 2.00 bits per heavy atom. The molecular formula is C11H11F3O2. The van der Waals surface area contributed by atoms with Crippen LogP contribution in [-0.2, 0) is 6.18 Å². The van der Waals surface area contributed by atoms with E-state index in [1.165, 1.54) is 0 Å². The van der Waals surface area contributed by atoms with Crippen molar-refractivity contribution in [3.63, 3.8) is 0 Å². The summed E-state index contributed by atoms with van der Waals surface area (Å²) in [6.07, 6.45) is -3.86. The maximum atomic E-state index is 12.4. The van der Waals surface area contributed by atoms with Gasteiger partial charge in [-0.15, -0.1) is 0 Å². The van der Waals surface area contributed by atoms with Gasteiger partial charge < -0.3 is 5.11 Å². The summed E-state index contributed by atoms with van der Waals surface area (Å²) in [5, 5.41) is 9.31. The van der Waals surface area contributed by atoms with E-state index in [1.807, 2.05) is 0 Å². The van der Waals surface area contributed by atoms with E-state index >= 15 is 0 Å². The van der Waals surface area contributed by atoms with Crippen LogP contribution in [0.3, 0.4) is 0 Å². The zero-order chi connectivity index (χ0) is 12.3. The van der Waals surface area contributed by atoms with E-state index in [-0.39, 0.29) is 12.0 Å². The SMILES string of the molecule is CCCC(=O)c1cc(C(F)(F)F)ccc1O. The molecule has 16 heavy (non-hydrogen) atoms. The van der Waals surface area contributed by atoms with Crippen LogP contribution < -0.4 is 0 Å². The molecule has 2 nitrogen and oxygen atoms in total. The van der Waals surface area contributed by atoms with E-state index in [0.29, 0.717) is 12.5 Å². The molecule has 0 spiro atoms. The number of Topliss-reactive ketones (excluding diaryl/α,β-unsaturated/α-hetero) is 1. The van der Waals surface area contributed by atoms with Gasteiger partial charge in [-0.2, -0.15) is 13.2 Å². The molecule has 0 aromatic heterocycles. The topological polar surface area (TPSA) is 37.3 Å². The highest BCUT2D eigenvalue weighted by Crippen LogP contribution is 2.32. The molecule has 88 valence electrons. The summed E-state index contributed by atoms with van der Waals surface area (Å²) in [6, 6.07) is 2.33. The summed E-state index contributed by atoms with van der Waals surface area (Å²) < 4.78 is 37.1. The third-order valence-corrected chi connectivity index (χ3v) is 2.10. The molecule has 0 saturated carbocycles. The molecule has 0 bridgehead atoms. The van der Waals surface area contributed by atoms with Crippen molar-refractivity contribution in [1.82, 2.24) is 0 Å². The number of carbonyl (C=O) groups excluding carboxylic acids is 1. The van der Waals surface area contributed by atoms with E-state index in [4.69, 9.17) is 0 Å². The van der Waals surface area contributed by atoms with Crippen molar-refractivity contribution in [3.8, 4) is 5.75 Å². The summed E-state index contributed by atoms with van der Waals surface area (Å²) in [5.41, 5.74) is -1.19. The maximum Gasteiger partial charge on any atom is 0.416 e. The molecular weight excluding hydrogens is 221 g/mol. The zero-order valence-corrected chi connectivity index (χ0v) is 8.64. The van der Waals surface area contributed by atoms with E-state index in [1.54, 1.807) is 6.92 Å². The van der Waals surface area contributed by atoms with Crippen LogP contribution >= 0.6 is 0 Å². The fraction of sp³-hybridized carbons (Fsp3) is 0.364. The molecule has 1 aromatic carbocycles. The lowest BCUT2D eigenvalue weighted by Crippen LogP contribution is -2.07. The summed E-state index contributed by atoms with van der Waals surface area (Å²) in [5.74, 6) is -0.891. The van der Waals surface area contributed by atoms with E-state index in [2.05, 4.69) is 0 Å². The van der Waals surface area contributed by atoms with Gasteiger partial charge in [-0.05, 0) is 24.6 Å². The highest BCUT2D eigenvalue weighted by atomic mass is 19.4. The van der Waals surface area contributed by atoms with Crippen molar-refractivity contribution >= 4 is 5.78 Å². The Balaban J connectivity index is 3.14. The number of alkyl halides is 3. The number of hydrogen-bond donors (Lipinski definition) is 1. The Bertz CT molecular complexity index is 397. The monoisotopic (exact) mass is 232 g/mol. The van der Waals surface area contributed by atoms with E-state index < -0.39 is 23.3 Å². The van der Waals surface area contributed by atoms with Crippen LogP contribution in [0.1, 0.15) is 35.7 Å². The van der Waals surface area contributed by atoms with Gasteiger partial charge in [-0.1, -0.05) is 6.92 Å². The van der Waals surface area contributed by atoms with Crippen LogP contribution in [0.15, 0.2) is 18.2 Å². The van der Waals surface area contributed by atoms with Gasteiger partial charge in [0.1, 0.15) is 5.75 Å². The minimum atomic E-state index is -4.51. The van der Waals surface area contributed by atoms with Gasteiger partial charge >= 0.3 is 6.18 Å². The molecule has 0 aliphatic carbocycles. The number of phenols is 1. The standard InChI is InChI=1S/C11H11F3O2/c1-2-3-9(15)8-6-7(11(12,13)14)4-5-10(8)16/h4-6,16H,2-3H2,1H3. The Labute approximate surface area is 90.7 Å². The molecule has 0 aliphatic heterocycles. The van der Waals surface area contributed by atoms with Gasteiger partial charge in [0.25, 0.3) is 0 Å². The molecule has 0 saturated heterocycles. The molecule has 0 unspecified atom stereocenters.